The number of para-hydroxylation sites is 1. The van der Waals surface area contributed by atoms with Crippen molar-refractivity contribution in [2.45, 2.75) is 46.5 Å². The van der Waals surface area contributed by atoms with Crippen molar-refractivity contribution in [2.24, 2.45) is 0 Å². The van der Waals surface area contributed by atoms with E-state index in [0.29, 0.717) is 17.7 Å². The van der Waals surface area contributed by atoms with Gasteiger partial charge in [0.05, 0.1) is 6.20 Å². The van der Waals surface area contributed by atoms with E-state index in [4.69, 9.17) is 0 Å². The Morgan fingerprint density at radius 1 is 1.23 bits per heavy atom. The molecule has 0 atom stereocenters. The van der Waals surface area contributed by atoms with Gasteiger partial charge >= 0.3 is 0 Å². The van der Waals surface area contributed by atoms with Gasteiger partial charge in [-0.25, -0.2) is 0 Å². The van der Waals surface area contributed by atoms with Crippen LogP contribution in [0, 0.1) is 6.92 Å². The lowest BCUT2D eigenvalue weighted by atomic mass is 9.98. The number of aryl methyl sites for hydroxylation is 1. The van der Waals surface area contributed by atoms with Crippen molar-refractivity contribution in [1.29, 1.82) is 0 Å². The molecule has 0 aliphatic rings. The molecule has 0 saturated carbocycles. The molecule has 0 radical (unpaired) electrons. The van der Waals surface area contributed by atoms with Crippen molar-refractivity contribution in [2.75, 3.05) is 17.2 Å². The minimum absolute atomic E-state index is 0.444. The molecule has 0 bridgehead atoms. The predicted molar refractivity (Wildman–Crippen MR) is 91.8 cm³/mol. The summed E-state index contributed by atoms with van der Waals surface area (Å²) in [4.78, 5) is 4.49. The molecule has 2 aromatic rings. The summed E-state index contributed by atoms with van der Waals surface area (Å²) in [5, 5.41) is 14.6. The maximum absolute atomic E-state index is 4.49. The number of aromatic nitrogens is 3. The highest BCUT2D eigenvalue weighted by Crippen LogP contribution is 2.29. The third-order valence-electron chi connectivity index (χ3n) is 3.55. The Bertz CT molecular complexity index is 610. The molecule has 5 nitrogen and oxygen atoms in total. The molecule has 0 amide bonds. The molecule has 1 aromatic carbocycles. The van der Waals surface area contributed by atoms with Gasteiger partial charge in [-0.1, -0.05) is 45.4 Å². The van der Waals surface area contributed by atoms with Crippen LogP contribution in [0.4, 0.5) is 17.5 Å². The molecule has 0 aliphatic carbocycles. The number of nitrogens with one attached hydrogen (secondary N) is 2. The molecule has 1 heterocycles. The zero-order valence-corrected chi connectivity index (χ0v) is 13.8. The molecule has 0 aliphatic heterocycles. The summed E-state index contributed by atoms with van der Waals surface area (Å²) in [6, 6.07) is 6.34. The molecule has 2 N–H and O–H groups in total. The van der Waals surface area contributed by atoms with E-state index in [1.807, 2.05) is 0 Å². The second kappa shape index (κ2) is 7.73. The van der Waals surface area contributed by atoms with Crippen molar-refractivity contribution in [3.8, 4) is 0 Å². The van der Waals surface area contributed by atoms with Gasteiger partial charge in [0.1, 0.15) is 0 Å². The van der Waals surface area contributed by atoms with Crippen LogP contribution in [0.5, 0.6) is 0 Å². The Balaban J connectivity index is 2.19. The highest BCUT2D eigenvalue weighted by atomic mass is 15.3. The van der Waals surface area contributed by atoms with E-state index >= 15 is 0 Å². The molecule has 22 heavy (non-hydrogen) atoms. The van der Waals surface area contributed by atoms with Crippen LogP contribution in [0.25, 0.3) is 0 Å². The van der Waals surface area contributed by atoms with Crippen molar-refractivity contribution in [3.63, 3.8) is 0 Å². The minimum atomic E-state index is 0.444. The Morgan fingerprint density at radius 2 is 2.05 bits per heavy atom. The fourth-order valence-corrected chi connectivity index (χ4v) is 2.29. The van der Waals surface area contributed by atoms with Gasteiger partial charge in [0.15, 0.2) is 5.82 Å². The van der Waals surface area contributed by atoms with E-state index in [-0.39, 0.29) is 0 Å². The molecule has 1 aromatic heterocycles. The highest BCUT2D eigenvalue weighted by molar-refractivity contribution is 5.65. The zero-order chi connectivity index (χ0) is 15.9. The lowest BCUT2D eigenvalue weighted by molar-refractivity contribution is 0.819. The highest BCUT2D eigenvalue weighted by Gasteiger charge is 2.10. The van der Waals surface area contributed by atoms with Gasteiger partial charge in [-0.05, 0) is 30.4 Å². The van der Waals surface area contributed by atoms with Crippen LogP contribution in [0.15, 0.2) is 24.4 Å². The van der Waals surface area contributed by atoms with E-state index in [0.717, 1.165) is 25.1 Å². The van der Waals surface area contributed by atoms with E-state index in [9.17, 15) is 0 Å². The Kier molecular flexibility index (Phi) is 5.69. The van der Waals surface area contributed by atoms with Gasteiger partial charge in [-0.2, -0.15) is 10.1 Å². The molecule has 0 fully saturated rings. The fraction of sp³-hybridized carbons (Fsp3) is 0.471. The number of benzene rings is 1. The third kappa shape index (κ3) is 4.16. The smallest absolute Gasteiger partial charge is 0.244 e. The monoisotopic (exact) mass is 299 g/mol. The fourth-order valence-electron chi connectivity index (χ4n) is 2.29. The second-order valence-electron chi connectivity index (χ2n) is 5.76. The van der Waals surface area contributed by atoms with Gasteiger partial charge in [0.2, 0.25) is 5.95 Å². The Labute approximate surface area is 132 Å². The SMILES string of the molecule is CCCCNc1nncc(Nc2c(C)cccc2C(C)C)n1. The van der Waals surface area contributed by atoms with Gasteiger partial charge in [-0.3, -0.25) is 0 Å². The average Bonchev–Trinajstić information content (AvgIpc) is 2.50. The molecular formula is C17H25N5. The summed E-state index contributed by atoms with van der Waals surface area (Å²) in [5.74, 6) is 1.72. The molecular weight excluding hydrogens is 274 g/mol. The molecule has 2 rings (SSSR count). The van der Waals surface area contributed by atoms with Crippen LogP contribution in [0.1, 0.15) is 50.7 Å². The van der Waals surface area contributed by atoms with Gasteiger partial charge in [-0.15, -0.1) is 5.10 Å². The Morgan fingerprint density at radius 3 is 2.77 bits per heavy atom. The van der Waals surface area contributed by atoms with Gasteiger partial charge in [0, 0.05) is 12.2 Å². The van der Waals surface area contributed by atoms with E-state index < -0.39 is 0 Å². The van der Waals surface area contributed by atoms with Crippen LogP contribution < -0.4 is 10.6 Å². The van der Waals surface area contributed by atoms with Gasteiger partial charge in [0.25, 0.3) is 0 Å². The topological polar surface area (TPSA) is 62.7 Å². The van der Waals surface area contributed by atoms with Crippen molar-refractivity contribution in [1.82, 2.24) is 15.2 Å². The summed E-state index contributed by atoms with van der Waals surface area (Å²) in [7, 11) is 0. The summed E-state index contributed by atoms with van der Waals surface area (Å²) < 4.78 is 0. The first-order chi connectivity index (χ1) is 10.6. The minimum Gasteiger partial charge on any atom is -0.353 e. The first-order valence-corrected chi connectivity index (χ1v) is 7.92. The zero-order valence-electron chi connectivity index (χ0n) is 13.8. The van der Waals surface area contributed by atoms with Crippen molar-refractivity contribution >= 4 is 17.5 Å². The van der Waals surface area contributed by atoms with E-state index in [1.165, 1.54) is 11.1 Å². The van der Waals surface area contributed by atoms with Crippen LogP contribution in [-0.4, -0.2) is 21.7 Å². The van der Waals surface area contributed by atoms with Crippen LogP contribution in [0.3, 0.4) is 0 Å². The molecule has 0 unspecified atom stereocenters. The summed E-state index contributed by atoms with van der Waals surface area (Å²) in [5.41, 5.74) is 3.59. The van der Waals surface area contributed by atoms with Crippen LogP contribution in [-0.2, 0) is 0 Å². The van der Waals surface area contributed by atoms with E-state index in [1.54, 1.807) is 6.20 Å². The molecule has 0 saturated heterocycles. The number of nitrogens with zero attached hydrogens (tertiary/aromatic N) is 3. The van der Waals surface area contributed by atoms with Crippen LogP contribution in [0.2, 0.25) is 0 Å². The second-order valence-corrected chi connectivity index (χ2v) is 5.76. The molecule has 118 valence electrons. The number of hydrogen-bond donors (Lipinski definition) is 2. The first-order valence-electron chi connectivity index (χ1n) is 7.92. The van der Waals surface area contributed by atoms with Crippen LogP contribution >= 0.6 is 0 Å². The van der Waals surface area contributed by atoms with Crippen molar-refractivity contribution < 1.29 is 0 Å². The number of rotatable bonds is 7. The summed E-state index contributed by atoms with van der Waals surface area (Å²) >= 11 is 0. The lowest BCUT2D eigenvalue weighted by Crippen LogP contribution is -2.08. The molecule has 0 spiro atoms. The number of hydrogen-bond acceptors (Lipinski definition) is 5. The average molecular weight is 299 g/mol. The summed E-state index contributed by atoms with van der Waals surface area (Å²) in [6.07, 6.45) is 3.89. The quantitative estimate of drug-likeness (QED) is 0.748. The maximum atomic E-state index is 4.49. The third-order valence-corrected chi connectivity index (χ3v) is 3.55. The van der Waals surface area contributed by atoms with E-state index in [2.05, 4.69) is 71.7 Å². The standard InChI is InChI=1S/C17H25N5/c1-5-6-10-18-17-21-15(11-19-22-17)20-16-13(4)8-7-9-14(16)12(2)3/h7-9,11-12H,5-6,10H2,1-4H3,(H2,18,20,21,22). The Hall–Kier alpha value is -2.17. The summed E-state index contributed by atoms with van der Waals surface area (Å²) in [6.45, 7) is 9.50. The number of unbranched alkanes of at least 4 members (excludes halogenated alkanes) is 1. The molecule has 5 heteroatoms. The van der Waals surface area contributed by atoms with Gasteiger partial charge < -0.3 is 10.6 Å². The predicted octanol–water partition coefficient (Wildman–Crippen LogP) is 4.26. The normalized spacial score (nSPS) is 10.8. The first kappa shape index (κ1) is 16.2. The largest absolute Gasteiger partial charge is 0.353 e. The lowest BCUT2D eigenvalue weighted by Gasteiger charge is -2.16. The van der Waals surface area contributed by atoms with Crippen molar-refractivity contribution in [3.05, 3.63) is 35.5 Å². The maximum Gasteiger partial charge on any atom is 0.244 e. The number of anilines is 3.